The van der Waals surface area contributed by atoms with E-state index in [0.29, 0.717) is 11.3 Å². The van der Waals surface area contributed by atoms with Gasteiger partial charge in [-0.15, -0.1) is 0 Å². The molecule has 3 heterocycles. The highest BCUT2D eigenvalue weighted by Gasteiger charge is 2.17. The number of halogens is 1. The van der Waals surface area contributed by atoms with Gasteiger partial charge in [0, 0.05) is 49.0 Å². The molecule has 1 N–H and O–H groups in total. The van der Waals surface area contributed by atoms with Crippen molar-refractivity contribution in [1.29, 1.82) is 5.26 Å². The predicted octanol–water partition coefficient (Wildman–Crippen LogP) is 4.52. The van der Waals surface area contributed by atoms with Crippen LogP contribution >= 0.6 is 0 Å². The van der Waals surface area contributed by atoms with E-state index in [0.717, 1.165) is 74.5 Å². The van der Waals surface area contributed by atoms with Crippen molar-refractivity contribution in [1.82, 2.24) is 19.9 Å². The van der Waals surface area contributed by atoms with E-state index in [9.17, 15) is 4.39 Å². The van der Waals surface area contributed by atoms with Gasteiger partial charge in [-0.1, -0.05) is 0 Å². The first-order valence-corrected chi connectivity index (χ1v) is 11.4. The number of fused-ring (bicyclic) bond motifs is 1. The van der Waals surface area contributed by atoms with Crippen molar-refractivity contribution in [2.24, 2.45) is 0 Å². The molecule has 0 amide bonds. The van der Waals surface area contributed by atoms with Crippen molar-refractivity contribution in [2.75, 3.05) is 37.6 Å². The first-order valence-electron chi connectivity index (χ1n) is 11.4. The fourth-order valence-corrected chi connectivity index (χ4v) is 4.36. The Labute approximate surface area is 197 Å². The van der Waals surface area contributed by atoms with Gasteiger partial charge >= 0.3 is 6.01 Å². The minimum Gasteiger partial charge on any atom is -0.424 e. The molecule has 2 aromatic heterocycles. The van der Waals surface area contributed by atoms with Gasteiger partial charge in [-0.05, 0) is 67.4 Å². The molecule has 7 nitrogen and oxygen atoms in total. The number of nitrogens with zero attached hydrogens (tertiary/aromatic N) is 5. The fourth-order valence-electron chi connectivity index (χ4n) is 4.36. The summed E-state index contributed by atoms with van der Waals surface area (Å²) in [6, 6.07) is 16.0. The predicted molar refractivity (Wildman–Crippen MR) is 128 cm³/mol. The lowest BCUT2D eigenvalue weighted by atomic mass is 10.1. The second-order valence-corrected chi connectivity index (χ2v) is 8.40. The first-order chi connectivity index (χ1) is 16.7. The zero-order chi connectivity index (χ0) is 23.3. The number of aryl methyl sites for hydroxylation is 1. The summed E-state index contributed by atoms with van der Waals surface area (Å²) >= 11 is 0. The topological polar surface area (TPSA) is 81.1 Å². The van der Waals surface area contributed by atoms with Gasteiger partial charge in [-0.2, -0.15) is 5.26 Å². The number of rotatable bonds is 7. The van der Waals surface area contributed by atoms with Crippen molar-refractivity contribution < 1.29 is 9.13 Å². The van der Waals surface area contributed by atoms with E-state index in [4.69, 9.17) is 10.00 Å². The van der Waals surface area contributed by atoms with Gasteiger partial charge in [-0.25, -0.2) is 14.4 Å². The maximum Gasteiger partial charge on any atom is 0.322 e. The van der Waals surface area contributed by atoms with Gasteiger partial charge in [0.15, 0.2) is 5.82 Å². The second-order valence-electron chi connectivity index (χ2n) is 8.40. The van der Waals surface area contributed by atoms with E-state index >= 15 is 0 Å². The molecule has 1 saturated heterocycles. The fraction of sp³-hybridized carbons (Fsp3) is 0.269. The van der Waals surface area contributed by atoms with Gasteiger partial charge in [0.1, 0.15) is 5.75 Å². The van der Waals surface area contributed by atoms with Crippen LogP contribution in [0.1, 0.15) is 17.5 Å². The van der Waals surface area contributed by atoms with Crippen molar-refractivity contribution in [3.63, 3.8) is 0 Å². The zero-order valence-corrected chi connectivity index (χ0v) is 18.7. The van der Waals surface area contributed by atoms with Crippen LogP contribution in [0, 0.1) is 17.1 Å². The van der Waals surface area contributed by atoms with Crippen LogP contribution in [0.3, 0.4) is 0 Å². The highest BCUT2D eigenvalue weighted by Crippen LogP contribution is 2.24. The Kier molecular flexibility index (Phi) is 6.36. The Morgan fingerprint density at radius 1 is 1.03 bits per heavy atom. The Bertz CT molecular complexity index is 1290. The lowest BCUT2D eigenvalue weighted by molar-refractivity contribution is 0.255. The minimum atomic E-state index is -0.492. The van der Waals surface area contributed by atoms with Gasteiger partial charge in [-0.3, -0.25) is 4.90 Å². The molecule has 2 aromatic carbocycles. The number of aromatic nitrogens is 3. The summed E-state index contributed by atoms with van der Waals surface area (Å²) in [6.45, 7) is 5.05. The van der Waals surface area contributed by atoms with E-state index in [1.807, 2.05) is 42.5 Å². The van der Waals surface area contributed by atoms with Crippen LogP contribution in [-0.2, 0) is 6.42 Å². The molecule has 8 heteroatoms. The van der Waals surface area contributed by atoms with Crippen molar-refractivity contribution in [3.8, 4) is 17.8 Å². The molecule has 34 heavy (non-hydrogen) atoms. The van der Waals surface area contributed by atoms with E-state index in [-0.39, 0.29) is 6.01 Å². The zero-order valence-electron chi connectivity index (χ0n) is 18.7. The molecular formula is C26H25FN6O. The summed E-state index contributed by atoms with van der Waals surface area (Å²) in [7, 11) is 0. The number of hydrogen-bond donors (Lipinski definition) is 1. The Balaban J connectivity index is 1.09. The molecule has 0 aliphatic carbocycles. The second kappa shape index (κ2) is 9.89. The van der Waals surface area contributed by atoms with Crippen LogP contribution in [0.2, 0.25) is 0 Å². The van der Waals surface area contributed by atoms with Crippen LogP contribution < -0.4 is 9.64 Å². The highest BCUT2D eigenvalue weighted by atomic mass is 19.1. The summed E-state index contributed by atoms with van der Waals surface area (Å²) in [4.78, 5) is 15.8. The maximum absolute atomic E-state index is 12.9. The molecule has 1 aliphatic heterocycles. The number of H-pyrrole nitrogens is 1. The van der Waals surface area contributed by atoms with Gasteiger partial charge in [0.05, 0.1) is 24.0 Å². The molecule has 4 aromatic rings. The van der Waals surface area contributed by atoms with Gasteiger partial charge in [0.2, 0.25) is 0 Å². The number of nitrogens with one attached hydrogen (secondary N) is 1. The number of piperazine rings is 1. The third-order valence-electron chi connectivity index (χ3n) is 6.20. The summed E-state index contributed by atoms with van der Waals surface area (Å²) in [5.41, 5.74) is 4.22. The van der Waals surface area contributed by atoms with E-state index in [2.05, 4.69) is 37.0 Å². The Hall–Kier alpha value is -3.96. The largest absolute Gasteiger partial charge is 0.424 e. The van der Waals surface area contributed by atoms with Crippen molar-refractivity contribution in [2.45, 2.75) is 12.8 Å². The minimum absolute atomic E-state index is 0.126. The van der Waals surface area contributed by atoms with Crippen molar-refractivity contribution >= 4 is 16.6 Å². The number of aromatic amines is 1. The summed E-state index contributed by atoms with van der Waals surface area (Å²) in [5.74, 6) is 0.127. The monoisotopic (exact) mass is 456 g/mol. The van der Waals surface area contributed by atoms with Crippen LogP contribution in [0.15, 0.2) is 61.1 Å². The van der Waals surface area contributed by atoms with Crippen LogP contribution in [-0.4, -0.2) is 52.6 Å². The summed E-state index contributed by atoms with van der Waals surface area (Å²) in [6.07, 6.45) is 6.32. The normalized spacial score (nSPS) is 14.3. The molecule has 172 valence electrons. The standard InChI is InChI=1S/C26H25FN6O/c27-21-17-30-26(31-18-21)34-23-6-4-22(5-7-23)33-12-10-32(11-13-33)9-1-2-20-16-29-25-8-3-19(15-28)14-24(20)25/h3-8,14,16-18,29H,1-2,9-13H2. The summed E-state index contributed by atoms with van der Waals surface area (Å²) < 4.78 is 18.5. The Morgan fingerprint density at radius 3 is 2.53 bits per heavy atom. The third kappa shape index (κ3) is 5.00. The molecule has 0 bridgehead atoms. The lowest BCUT2D eigenvalue weighted by Crippen LogP contribution is -2.46. The van der Waals surface area contributed by atoms with E-state index < -0.39 is 5.82 Å². The van der Waals surface area contributed by atoms with E-state index in [1.165, 1.54) is 5.56 Å². The molecule has 1 aliphatic rings. The maximum atomic E-state index is 12.9. The average Bonchev–Trinajstić information content (AvgIpc) is 3.28. The quantitative estimate of drug-likeness (QED) is 0.441. The molecule has 0 unspecified atom stereocenters. The Morgan fingerprint density at radius 2 is 1.79 bits per heavy atom. The van der Waals surface area contributed by atoms with E-state index in [1.54, 1.807) is 0 Å². The highest BCUT2D eigenvalue weighted by molar-refractivity contribution is 5.84. The molecule has 5 rings (SSSR count). The van der Waals surface area contributed by atoms with Crippen molar-refractivity contribution in [3.05, 3.63) is 78.0 Å². The number of benzene rings is 2. The van der Waals surface area contributed by atoms with Crippen LogP contribution in [0.5, 0.6) is 11.8 Å². The number of nitriles is 1. The molecule has 1 fully saturated rings. The SMILES string of the molecule is N#Cc1ccc2[nH]cc(CCCN3CCN(c4ccc(Oc5ncc(F)cn5)cc4)CC3)c2c1. The van der Waals surface area contributed by atoms with Crippen LogP contribution in [0.4, 0.5) is 10.1 Å². The molecule has 0 radical (unpaired) electrons. The van der Waals surface area contributed by atoms with Crippen LogP contribution in [0.25, 0.3) is 10.9 Å². The molecule has 0 spiro atoms. The smallest absolute Gasteiger partial charge is 0.322 e. The van der Waals surface area contributed by atoms with Gasteiger partial charge in [0.25, 0.3) is 0 Å². The summed E-state index contributed by atoms with van der Waals surface area (Å²) in [5, 5.41) is 10.3. The average molecular weight is 457 g/mol. The molecule has 0 saturated carbocycles. The number of hydrogen-bond acceptors (Lipinski definition) is 6. The number of anilines is 1. The first kappa shape index (κ1) is 21.9. The lowest BCUT2D eigenvalue weighted by Gasteiger charge is -2.36. The number of ether oxygens (including phenoxy) is 1. The molecule has 0 atom stereocenters. The third-order valence-corrected chi connectivity index (χ3v) is 6.20. The van der Waals surface area contributed by atoms with Gasteiger partial charge < -0.3 is 14.6 Å². The molecular weight excluding hydrogens is 431 g/mol.